The summed E-state index contributed by atoms with van der Waals surface area (Å²) in [6, 6.07) is 7.95. The van der Waals surface area contributed by atoms with Crippen molar-refractivity contribution < 1.29 is 9.53 Å². The van der Waals surface area contributed by atoms with Crippen LogP contribution in [0.5, 0.6) is 5.75 Å². The second kappa shape index (κ2) is 6.69. The number of aryl methyl sites for hydroxylation is 1. The number of carbonyl (C=O) groups is 1. The minimum Gasteiger partial charge on any atom is -0.480 e. The van der Waals surface area contributed by atoms with Crippen molar-refractivity contribution in [3.8, 4) is 5.75 Å². The number of benzene rings is 1. The maximum atomic E-state index is 12.4. The zero-order chi connectivity index (χ0) is 15.4. The van der Waals surface area contributed by atoms with E-state index in [1.807, 2.05) is 18.2 Å². The predicted octanol–water partition coefficient (Wildman–Crippen LogP) is 2.55. The van der Waals surface area contributed by atoms with Crippen molar-refractivity contribution >= 4 is 5.91 Å². The number of nitrogens with one attached hydrogen (secondary N) is 1. The molecule has 3 N–H and O–H groups in total. The molecule has 0 bridgehead atoms. The summed E-state index contributed by atoms with van der Waals surface area (Å²) in [6.45, 7) is 0.563. The van der Waals surface area contributed by atoms with Crippen LogP contribution < -0.4 is 15.8 Å². The van der Waals surface area contributed by atoms with Gasteiger partial charge in [-0.1, -0.05) is 43.9 Å². The molecule has 1 aliphatic heterocycles. The van der Waals surface area contributed by atoms with Gasteiger partial charge in [0.05, 0.1) is 0 Å². The lowest BCUT2D eigenvalue weighted by Crippen LogP contribution is -2.52. The van der Waals surface area contributed by atoms with Crippen LogP contribution in [0.2, 0.25) is 0 Å². The fraction of sp³-hybridized carbons (Fsp3) is 0.611. The molecular formula is C18H26N2O2. The van der Waals surface area contributed by atoms with E-state index in [1.165, 1.54) is 31.2 Å². The SMILES string of the molecule is NC1(CNC(=O)[C@@H]2CCc3ccccc3O2)CCCCCC1. The highest BCUT2D eigenvalue weighted by molar-refractivity contribution is 5.81. The third-order valence-corrected chi connectivity index (χ3v) is 4.92. The van der Waals surface area contributed by atoms with E-state index in [4.69, 9.17) is 10.5 Å². The Morgan fingerprint density at radius 2 is 1.95 bits per heavy atom. The van der Waals surface area contributed by atoms with Crippen molar-refractivity contribution in [3.63, 3.8) is 0 Å². The molecule has 1 atom stereocenters. The van der Waals surface area contributed by atoms with E-state index in [0.717, 1.165) is 31.4 Å². The first-order chi connectivity index (χ1) is 10.7. The van der Waals surface area contributed by atoms with Gasteiger partial charge in [0.2, 0.25) is 0 Å². The molecule has 4 heteroatoms. The summed E-state index contributed by atoms with van der Waals surface area (Å²) in [6.07, 6.45) is 8.10. The van der Waals surface area contributed by atoms with Crippen LogP contribution >= 0.6 is 0 Å². The summed E-state index contributed by atoms with van der Waals surface area (Å²) < 4.78 is 5.84. The third kappa shape index (κ3) is 3.61. The molecule has 1 amide bonds. The average Bonchev–Trinajstić information content (AvgIpc) is 2.77. The van der Waals surface area contributed by atoms with E-state index in [-0.39, 0.29) is 17.6 Å². The van der Waals surface area contributed by atoms with E-state index in [0.29, 0.717) is 6.54 Å². The number of hydrogen-bond acceptors (Lipinski definition) is 3. The molecule has 22 heavy (non-hydrogen) atoms. The van der Waals surface area contributed by atoms with E-state index < -0.39 is 0 Å². The number of fused-ring (bicyclic) bond motifs is 1. The Morgan fingerprint density at radius 3 is 2.73 bits per heavy atom. The van der Waals surface area contributed by atoms with Gasteiger partial charge in [0.15, 0.2) is 6.10 Å². The number of amides is 1. The highest BCUT2D eigenvalue weighted by Crippen LogP contribution is 2.27. The first kappa shape index (κ1) is 15.3. The van der Waals surface area contributed by atoms with Gasteiger partial charge in [-0.25, -0.2) is 0 Å². The van der Waals surface area contributed by atoms with E-state index >= 15 is 0 Å². The molecule has 2 aliphatic rings. The van der Waals surface area contributed by atoms with Crippen LogP contribution in [0.25, 0.3) is 0 Å². The maximum absolute atomic E-state index is 12.4. The molecule has 4 nitrogen and oxygen atoms in total. The van der Waals surface area contributed by atoms with Crippen molar-refractivity contribution in [2.45, 2.75) is 63.0 Å². The smallest absolute Gasteiger partial charge is 0.261 e. The Balaban J connectivity index is 1.54. The first-order valence-electron chi connectivity index (χ1n) is 8.47. The Kier molecular flexibility index (Phi) is 4.67. The average molecular weight is 302 g/mol. The van der Waals surface area contributed by atoms with E-state index in [2.05, 4.69) is 11.4 Å². The lowest BCUT2D eigenvalue weighted by atomic mass is 9.91. The summed E-state index contributed by atoms with van der Waals surface area (Å²) in [5.74, 6) is 0.814. The molecule has 120 valence electrons. The molecule has 1 aromatic rings. The molecule has 0 saturated heterocycles. The standard InChI is InChI=1S/C18H26N2O2/c19-18(11-5-1-2-6-12-18)13-20-17(21)16-10-9-14-7-3-4-8-15(14)22-16/h3-4,7-8,16H,1-2,5-6,9-13,19H2,(H,20,21)/t16-/m0/s1. The van der Waals surface area contributed by atoms with Gasteiger partial charge < -0.3 is 15.8 Å². The van der Waals surface area contributed by atoms with E-state index in [1.54, 1.807) is 0 Å². The normalized spacial score (nSPS) is 23.8. The van der Waals surface area contributed by atoms with Crippen molar-refractivity contribution in [2.75, 3.05) is 6.54 Å². The minimum atomic E-state index is -0.385. The fourth-order valence-corrected chi connectivity index (χ4v) is 3.50. The summed E-state index contributed by atoms with van der Waals surface area (Å²) in [5, 5.41) is 3.03. The molecular weight excluding hydrogens is 276 g/mol. The van der Waals surface area contributed by atoms with Crippen molar-refractivity contribution in [2.24, 2.45) is 5.73 Å². The van der Waals surface area contributed by atoms with Crippen molar-refractivity contribution in [3.05, 3.63) is 29.8 Å². The van der Waals surface area contributed by atoms with Crippen LogP contribution in [-0.4, -0.2) is 24.1 Å². The Hall–Kier alpha value is -1.55. The van der Waals surface area contributed by atoms with Crippen molar-refractivity contribution in [1.82, 2.24) is 5.32 Å². The summed E-state index contributed by atoms with van der Waals surface area (Å²) >= 11 is 0. The number of carbonyl (C=O) groups excluding carboxylic acids is 1. The Labute approximate surface area is 132 Å². The van der Waals surface area contributed by atoms with Gasteiger partial charge in [-0.05, 0) is 37.3 Å². The lowest BCUT2D eigenvalue weighted by Gasteiger charge is -2.30. The molecule has 1 aliphatic carbocycles. The second-order valence-electron chi connectivity index (χ2n) is 6.75. The zero-order valence-electron chi connectivity index (χ0n) is 13.1. The first-order valence-corrected chi connectivity index (χ1v) is 8.47. The van der Waals surface area contributed by atoms with Crippen LogP contribution in [0.1, 0.15) is 50.5 Å². The predicted molar refractivity (Wildman–Crippen MR) is 86.8 cm³/mol. The van der Waals surface area contributed by atoms with E-state index in [9.17, 15) is 4.79 Å². The zero-order valence-corrected chi connectivity index (χ0v) is 13.1. The monoisotopic (exact) mass is 302 g/mol. The Bertz CT molecular complexity index is 522. The molecule has 1 aromatic carbocycles. The fourth-order valence-electron chi connectivity index (χ4n) is 3.50. The van der Waals surface area contributed by atoms with Gasteiger partial charge >= 0.3 is 0 Å². The molecule has 0 radical (unpaired) electrons. The minimum absolute atomic E-state index is 0.0245. The maximum Gasteiger partial charge on any atom is 0.261 e. The summed E-state index contributed by atoms with van der Waals surface area (Å²) in [5.41, 5.74) is 7.41. The highest BCUT2D eigenvalue weighted by atomic mass is 16.5. The molecule has 1 fully saturated rings. The number of nitrogens with two attached hydrogens (primary N) is 1. The van der Waals surface area contributed by atoms with Crippen LogP contribution in [0.4, 0.5) is 0 Å². The Morgan fingerprint density at radius 1 is 1.23 bits per heavy atom. The van der Waals surface area contributed by atoms with Gasteiger partial charge in [0, 0.05) is 12.1 Å². The molecule has 1 saturated carbocycles. The molecule has 0 aromatic heterocycles. The summed E-state index contributed by atoms with van der Waals surface area (Å²) in [7, 11) is 0. The van der Waals surface area contributed by atoms with Crippen LogP contribution in [0, 0.1) is 0 Å². The van der Waals surface area contributed by atoms with Gasteiger partial charge in [-0.15, -0.1) is 0 Å². The number of rotatable bonds is 3. The number of para-hydroxylation sites is 1. The lowest BCUT2D eigenvalue weighted by molar-refractivity contribution is -0.129. The van der Waals surface area contributed by atoms with Crippen LogP contribution in [0.3, 0.4) is 0 Å². The molecule has 0 spiro atoms. The molecule has 0 unspecified atom stereocenters. The second-order valence-corrected chi connectivity index (χ2v) is 6.75. The molecule has 3 rings (SSSR count). The summed E-state index contributed by atoms with van der Waals surface area (Å²) in [4.78, 5) is 12.4. The van der Waals surface area contributed by atoms with Gasteiger partial charge in [-0.3, -0.25) is 4.79 Å². The largest absolute Gasteiger partial charge is 0.480 e. The number of hydrogen-bond donors (Lipinski definition) is 2. The van der Waals surface area contributed by atoms with Gasteiger partial charge in [-0.2, -0.15) is 0 Å². The van der Waals surface area contributed by atoms with Gasteiger partial charge in [0.1, 0.15) is 5.75 Å². The number of ether oxygens (including phenoxy) is 1. The van der Waals surface area contributed by atoms with Crippen molar-refractivity contribution in [1.29, 1.82) is 0 Å². The highest BCUT2D eigenvalue weighted by Gasteiger charge is 2.30. The quantitative estimate of drug-likeness (QED) is 0.843. The third-order valence-electron chi connectivity index (χ3n) is 4.92. The topological polar surface area (TPSA) is 64.3 Å². The van der Waals surface area contributed by atoms with Gasteiger partial charge in [0.25, 0.3) is 5.91 Å². The van der Waals surface area contributed by atoms with Crippen LogP contribution in [0.15, 0.2) is 24.3 Å². The van der Waals surface area contributed by atoms with Crippen LogP contribution in [-0.2, 0) is 11.2 Å². The molecule has 1 heterocycles.